The largest absolute Gasteiger partial charge is 0.493 e. The van der Waals surface area contributed by atoms with Gasteiger partial charge in [0, 0.05) is 36.8 Å². The molecule has 0 unspecified atom stereocenters. The Labute approximate surface area is 144 Å². The quantitative estimate of drug-likeness (QED) is 0.829. The van der Waals surface area contributed by atoms with Crippen molar-refractivity contribution in [2.75, 3.05) is 39.7 Å². The normalized spacial score (nSPS) is 18.1. The molecule has 0 aromatic heterocycles. The van der Waals surface area contributed by atoms with E-state index in [0.717, 1.165) is 13.1 Å². The molecule has 1 aromatic rings. The molecule has 0 radical (unpaired) electrons. The summed E-state index contributed by atoms with van der Waals surface area (Å²) in [5.41, 5.74) is 0.640. The Balaban J connectivity index is 1.98. The van der Waals surface area contributed by atoms with E-state index in [0.29, 0.717) is 35.4 Å². The molecule has 1 atom stereocenters. The highest BCUT2D eigenvalue weighted by atomic mass is 16.5. The van der Waals surface area contributed by atoms with Crippen molar-refractivity contribution in [3.8, 4) is 17.2 Å². The molecule has 1 aliphatic rings. The maximum absolute atomic E-state index is 12.3. The summed E-state index contributed by atoms with van der Waals surface area (Å²) < 4.78 is 15.9. The molecule has 1 heterocycles. The van der Waals surface area contributed by atoms with Crippen LogP contribution in [0.25, 0.3) is 0 Å². The standard InChI is InChI=1S/C18H28N2O4/c1-13-7-5-6-9-20(13)10-8-17(21)19-14-11-15(22-2)18(24-4)16(12-14)23-3/h11-13H,5-10H2,1-4H3,(H,19,21)/t13-/m1/s1. The highest BCUT2D eigenvalue weighted by Gasteiger charge is 2.19. The van der Waals surface area contributed by atoms with Crippen molar-refractivity contribution in [3.63, 3.8) is 0 Å². The maximum atomic E-state index is 12.3. The number of carbonyl (C=O) groups is 1. The number of hydrogen-bond donors (Lipinski definition) is 1. The van der Waals surface area contributed by atoms with E-state index in [9.17, 15) is 4.79 Å². The van der Waals surface area contributed by atoms with Gasteiger partial charge in [-0.25, -0.2) is 0 Å². The minimum atomic E-state index is -0.0120. The number of rotatable bonds is 7. The number of likely N-dealkylation sites (tertiary alicyclic amines) is 1. The number of nitrogens with zero attached hydrogens (tertiary/aromatic N) is 1. The van der Waals surface area contributed by atoms with E-state index in [2.05, 4.69) is 17.1 Å². The molecule has 1 N–H and O–H groups in total. The van der Waals surface area contributed by atoms with Gasteiger partial charge < -0.3 is 24.4 Å². The van der Waals surface area contributed by atoms with Crippen molar-refractivity contribution in [1.82, 2.24) is 4.90 Å². The first-order valence-electron chi connectivity index (χ1n) is 8.43. The summed E-state index contributed by atoms with van der Waals surface area (Å²) in [5, 5.41) is 2.92. The number of methoxy groups -OCH3 is 3. The number of carbonyl (C=O) groups excluding carboxylic acids is 1. The highest BCUT2D eigenvalue weighted by Crippen LogP contribution is 2.39. The Morgan fingerprint density at radius 2 is 1.83 bits per heavy atom. The molecule has 1 aromatic carbocycles. The fraction of sp³-hybridized carbons (Fsp3) is 0.611. The van der Waals surface area contributed by atoms with E-state index < -0.39 is 0 Å². The van der Waals surface area contributed by atoms with E-state index in [1.54, 1.807) is 33.5 Å². The number of hydrogen-bond acceptors (Lipinski definition) is 5. The molecule has 134 valence electrons. The lowest BCUT2D eigenvalue weighted by Crippen LogP contribution is -2.39. The van der Waals surface area contributed by atoms with Crippen LogP contribution in [0.4, 0.5) is 5.69 Å². The Morgan fingerprint density at radius 3 is 2.38 bits per heavy atom. The molecule has 1 fully saturated rings. The van der Waals surface area contributed by atoms with Crippen molar-refractivity contribution in [2.24, 2.45) is 0 Å². The van der Waals surface area contributed by atoms with Crippen LogP contribution in [0.3, 0.4) is 0 Å². The molecule has 0 aliphatic carbocycles. The number of anilines is 1. The van der Waals surface area contributed by atoms with Gasteiger partial charge in [0.1, 0.15) is 0 Å². The maximum Gasteiger partial charge on any atom is 0.225 e. The zero-order chi connectivity index (χ0) is 17.5. The van der Waals surface area contributed by atoms with Crippen LogP contribution in [-0.4, -0.2) is 51.3 Å². The number of benzene rings is 1. The minimum Gasteiger partial charge on any atom is -0.493 e. The van der Waals surface area contributed by atoms with E-state index in [4.69, 9.17) is 14.2 Å². The van der Waals surface area contributed by atoms with Gasteiger partial charge in [0.05, 0.1) is 21.3 Å². The molecule has 1 amide bonds. The lowest BCUT2D eigenvalue weighted by Gasteiger charge is -2.33. The number of nitrogens with one attached hydrogen (secondary N) is 1. The van der Waals surface area contributed by atoms with E-state index in [-0.39, 0.29) is 5.91 Å². The molecule has 1 aliphatic heterocycles. The van der Waals surface area contributed by atoms with E-state index in [1.165, 1.54) is 19.3 Å². The predicted molar refractivity (Wildman–Crippen MR) is 94.2 cm³/mol. The predicted octanol–water partition coefficient (Wildman–Crippen LogP) is 2.92. The monoisotopic (exact) mass is 336 g/mol. The van der Waals surface area contributed by atoms with Gasteiger partial charge in [-0.15, -0.1) is 0 Å². The first-order chi connectivity index (χ1) is 11.6. The fourth-order valence-corrected chi connectivity index (χ4v) is 3.11. The van der Waals surface area contributed by atoms with Crippen molar-refractivity contribution in [1.29, 1.82) is 0 Å². The average Bonchev–Trinajstić information content (AvgIpc) is 2.60. The average molecular weight is 336 g/mol. The zero-order valence-electron chi connectivity index (χ0n) is 15.1. The molecule has 24 heavy (non-hydrogen) atoms. The zero-order valence-corrected chi connectivity index (χ0v) is 15.1. The van der Waals surface area contributed by atoms with Crippen LogP contribution < -0.4 is 19.5 Å². The Kier molecular flexibility index (Phi) is 6.73. The third-order valence-electron chi connectivity index (χ3n) is 4.52. The van der Waals surface area contributed by atoms with Gasteiger partial charge in [0.15, 0.2) is 11.5 Å². The van der Waals surface area contributed by atoms with Gasteiger partial charge in [-0.05, 0) is 26.3 Å². The summed E-state index contributed by atoms with van der Waals surface area (Å²) in [6.07, 6.45) is 4.20. The summed E-state index contributed by atoms with van der Waals surface area (Å²) in [6, 6.07) is 4.04. The Hall–Kier alpha value is -1.95. The van der Waals surface area contributed by atoms with Crippen LogP contribution >= 0.6 is 0 Å². The number of ether oxygens (including phenoxy) is 3. The molecule has 0 bridgehead atoms. The second-order valence-corrected chi connectivity index (χ2v) is 6.09. The number of piperidine rings is 1. The van der Waals surface area contributed by atoms with Crippen LogP contribution in [0.5, 0.6) is 17.2 Å². The smallest absolute Gasteiger partial charge is 0.225 e. The third kappa shape index (κ3) is 4.54. The molecule has 2 rings (SSSR count). The third-order valence-corrected chi connectivity index (χ3v) is 4.52. The number of amides is 1. The molecule has 0 spiro atoms. The van der Waals surface area contributed by atoms with Crippen LogP contribution in [0, 0.1) is 0 Å². The summed E-state index contributed by atoms with van der Waals surface area (Å²) in [5.74, 6) is 1.55. The van der Waals surface area contributed by atoms with Gasteiger partial charge in [-0.3, -0.25) is 4.79 Å². The SMILES string of the molecule is COc1cc(NC(=O)CCN2CCCC[C@H]2C)cc(OC)c1OC. The van der Waals surface area contributed by atoms with Crippen LogP contribution in [0.2, 0.25) is 0 Å². The highest BCUT2D eigenvalue weighted by molar-refractivity contribution is 5.91. The van der Waals surface area contributed by atoms with Gasteiger partial charge in [-0.2, -0.15) is 0 Å². The van der Waals surface area contributed by atoms with Crippen LogP contribution in [-0.2, 0) is 4.79 Å². The first kappa shape index (κ1) is 18.4. The first-order valence-corrected chi connectivity index (χ1v) is 8.43. The van der Waals surface area contributed by atoms with Gasteiger partial charge in [-0.1, -0.05) is 6.42 Å². The van der Waals surface area contributed by atoms with Crippen molar-refractivity contribution < 1.29 is 19.0 Å². The van der Waals surface area contributed by atoms with E-state index >= 15 is 0 Å². The van der Waals surface area contributed by atoms with E-state index in [1.807, 2.05) is 0 Å². The van der Waals surface area contributed by atoms with Gasteiger partial charge >= 0.3 is 0 Å². The second-order valence-electron chi connectivity index (χ2n) is 6.09. The summed E-state index contributed by atoms with van der Waals surface area (Å²) in [7, 11) is 4.67. The van der Waals surface area contributed by atoms with Crippen LogP contribution in [0.1, 0.15) is 32.6 Å². The summed E-state index contributed by atoms with van der Waals surface area (Å²) >= 11 is 0. The molecule has 1 saturated heterocycles. The van der Waals surface area contributed by atoms with Gasteiger partial charge in [0.2, 0.25) is 11.7 Å². The molecule has 6 nitrogen and oxygen atoms in total. The Morgan fingerprint density at radius 1 is 1.17 bits per heavy atom. The molecular weight excluding hydrogens is 308 g/mol. The minimum absolute atomic E-state index is 0.0120. The Bertz CT molecular complexity index is 537. The topological polar surface area (TPSA) is 60.0 Å². The molecule has 0 saturated carbocycles. The lowest BCUT2D eigenvalue weighted by molar-refractivity contribution is -0.116. The van der Waals surface area contributed by atoms with Crippen molar-refractivity contribution in [2.45, 2.75) is 38.6 Å². The van der Waals surface area contributed by atoms with Crippen molar-refractivity contribution >= 4 is 11.6 Å². The lowest BCUT2D eigenvalue weighted by atomic mass is 10.0. The molecular formula is C18H28N2O4. The summed E-state index contributed by atoms with van der Waals surface area (Å²) in [4.78, 5) is 14.7. The second kappa shape index (κ2) is 8.78. The summed E-state index contributed by atoms with van der Waals surface area (Å²) in [6.45, 7) is 4.10. The molecule has 6 heteroatoms. The van der Waals surface area contributed by atoms with Crippen LogP contribution in [0.15, 0.2) is 12.1 Å². The van der Waals surface area contributed by atoms with Gasteiger partial charge in [0.25, 0.3) is 0 Å². The fourth-order valence-electron chi connectivity index (χ4n) is 3.11. The van der Waals surface area contributed by atoms with Crippen molar-refractivity contribution in [3.05, 3.63) is 12.1 Å².